The van der Waals surface area contributed by atoms with Crippen LogP contribution in [0.4, 0.5) is 0 Å². The van der Waals surface area contributed by atoms with E-state index in [0.717, 1.165) is 0 Å². The van der Waals surface area contributed by atoms with Gasteiger partial charge in [-0.15, -0.1) is 0 Å². The van der Waals surface area contributed by atoms with Gasteiger partial charge in [-0.2, -0.15) is 0 Å². The van der Waals surface area contributed by atoms with Crippen molar-refractivity contribution in [3.05, 3.63) is 0 Å². The monoisotopic (exact) mass is 78.1 g/mol. The molecule has 0 rings (SSSR count). The molecule has 0 fully saturated rings. The summed E-state index contributed by atoms with van der Waals surface area (Å²) in [5.74, 6) is 0. The van der Waals surface area contributed by atoms with Crippen LogP contribution in [0, 0.1) is 0 Å². The molecular formula is C3H8O2. The molecule has 0 saturated carbocycles. The molecule has 0 aromatic carbocycles. The Morgan fingerprint density at radius 3 is 3.20 bits per heavy atom. The average Bonchev–Trinajstić information content (AvgIpc) is 1.68. The smallest absolute Gasteiger partial charge is 0.211 e. The van der Waals surface area contributed by atoms with Gasteiger partial charge in [-0.3, -0.25) is 0 Å². The second kappa shape index (κ2) is 2.18. The molecule has 0 aromatic rings. The van der Waals surface area contributed by atoms with Crippen molar-refractivity contribution in [1.29, 1.82) is 2.86 Å². The second-order valence-electron chi connectivity index (χ2n) is 0.977. The normalized spacial score (nSPS) is 20.2. The van der Waals surface area contributed by atoms with Crippen LogP contribution in [0.2, 0.25) is 0 Å². The third-order valence-corrected chi connectivity index (χ3v) is 0.235. The first kappa shape index (κ1) is 2.16. The SMILES string of the molecule is [2H]OCC(C)O[2H]. The van der Waals surface area contributed by atoms with Gasteiger partial charge in [0.15, 0.2) is 0 Å². The van der Waals surface area contributed by atoms with Crippen LogP contribution in [0.1, 0.15) is 6.92 Å². The third kappa shape index (κ3) is 3.92. The lowest BCUT2D eigenvalue weighted by atomic mass is 10.5. The van der Waals surface area contributed by atoms with Gasteiger partial charge in [0.1, 0.15) is 0 Å². The molecule has 0 saturated heterocycles. The predicted octanol–water partition coefficient (Wildman–Crippen LogP) is -0.641. The highest BCUT2D eigenvalue weighted by molar-refractivity contribution is 4.33. The lowest BCUT2D eigenvalue weighted by Gasteiger charge is -1.90. The highest BCUT2D eigenvalue weighted by Crippen LogP contribution is 1.68. The van der Waals surface area contributed by atoms with Crippen molar-refractivity contribution in [1.82, 2.24) is 0 Å². The van der Waals surface area contributed by atoms with E-state index < -0.39 is 0 Å². The van der Waals surface area contributed by atoms with Crippen molar-refractivity contribution in [3.63, 3.8) is 0 Å². The van der Waals surface area contributed by atoms with E-state index in [1.54, 1.807) is 6.92 Å². The molecule has 0 heterocycles. The molecule has 0 aromatic heterocycles. The van der Waals surface area contributed by atoms with Gasteiger partial charge in [-0.05, 0) is 6.92 Å². The first-order valence-electron chi connectivity index (χ1n) is 2.33. The van der Waals surface area contributed by atoms with Gasteiger partial charge in [0.25, 0.3) is 0 Å². The summed E-state index contributed by atoms with van der Waals surface area (Å²) in [5.41, 5.74) is 0. The van der Waals surface area contributed by atoms with Crippen molar-refractivity contribution in [2.75, 3.05) is 6.61 Å². The van der Waals surface area contributed by atoms with Crippen molar-refractivity contribution in [2.45, 2.75) is 13.0 Å². The van der Waals surface area contributed by atoms with Crippen LogP contribution in [-0.2, 0) is 0 Å². The summed E-state index contributed by atoms with van der Waals surface area (Å²) < 4.78 is 12.4. The van der Waals surface area contributed by atoms with E-state index in [4.69, 9.17) is 2.86 Å². The Labute approximate surface area is 34.0 Å². The molecular weight excluding hydrogens is 68.0 g/mol. The molecule has 32 valence electrons. The van der Waals surface area contributed by atoms with Crippen molar-refractivity contribution < 1.29 is 10.2 Å². The third-order valence-electron chi connectivity index (χ3n) is 0.235. The fourth-order valence-corrected chi connectivity index (χ4v) is 0. The van der Waals surface area contributed by atoms with E-state index in [-0.39, 0.29) is 12.7 Å². The Balaban J connectivity index is 2.83. The molecule has 0 aliphatic rings. The second-order valence-corrected chi connectivity index (χ2v) is 0.977. The summed E-state index contributed by atoms with van der Waals surface area (Å²) in [6, 6.07) is 0. The standard InChI is InChI=1S/C3H8O2/c1-3(5)2-4/h3-5H,2H2,1H3/i4D,5D. The fourth-order valence-electron chi connectivity index (χ4n) is 0. The number of aliphatic hydroxyl groups is 2. The Kier molecular flexibility index (Phi) is 0.938. The maximum atomic E-state index is 6.25. The van der Waals surface area contributed by atoms with Crippen LogP contribution in [0.3, 0.4) is 0 Å². The maximum Gasteiger partial charge on any atom is 0.211 e. The van der Waals surface area contributed by atoms with Crippen molar-refractivity contribution in [3.8, 4) is 0 Å². The van der Waals surface area contributed by atoms with E-state index in [2.05, 4.69) is 10.2 Å². The van der Waals surface area contributed by atoms with Crippen molar-refractivity contribution >= 4 is 0 Å². The van der Waals surface area contributed by atoms with Gasteiger partial charge in [0.2, 0.25) is 2.86 Å². The molecule has 2 N–H and O–H groups in total. The van der Waals surface area contributed by atoms with Crippen LogP contribution in [0.15, 0.2) is 0 Å². The molecule has 1 atom stereocenters. The predicted molar refractivity (Wildman–Crippen MR) is 18.8 cm³/mol. The van der Waals surface area contributed by atoms with E-state index in [1.807, 2.05) is 0 Å². The van der Waals surface area contributed by atoms with Gasteiger partial charge in [0, 0.05) is 0 Å². The van der Waals surface area contributed by atoms with E-state index in [0.29, 0.717) is 0 Å². The highest BCUT2D eigenvalue weighted by Gasteiger charge is 1.83. The van der Waals surface area contributed by atoms with E-state index >= 15 is 0 Å². The molecule has 0 radical (unpaired) electrons. The van der Waals surface area contributed by atoms with E-state index in [1.165, 1.54) is 0 Å². The minimum absolute atomic E-state index is 0.156. The molecule has 5 heavy (non-hydrogen) atoms. The maximum absolute atomic E-state index is 6.25. The highest BCUT2D eigenvalue weighted by atomic mass is 16.3. The van der Waals surface area contributed by atoms with Gasteiger partial charge < -0.3 is 10.2 Å². The Morgan fingerprint density at radius 1 is 2.20 bits per heavy atom. The molecule has 0 spiro atoms. The number of aliphatic hydroxyl groups excluding tert-OH is 2. The topological polar surface area (TPSA) is 40.5 Å². The van der Waals surface area contributed by atoms with Crippen LogP contribution < -0.4 is 0 Å². The summed E-state index contributed by atoms with van der Waals surface area (Å²) in [7, 11) is 0. The van der Waals surface area contributed by atoms with Crippen LogP contribution in [0.5, 0.6) is 0 Å². The first-order valence-corrected chi connectivity index (χ1v) is 1.51. The minimum atomic E-state index is -0.294. The number of hydrogen-bond acceptors (Lipinski definition) is 2. The summed E-state index contributed by atoms with van der Waals surface area (Å²) in [5, 5.41) is 7.90. The quantitative estimate of drug-likeness (QED) is 0.471. The zero-order valence-corrected chi connectivity index (χ0v) is 3.10. The summed E-state index contributed by atoms with van der Waals surface area (Å²) in [4.78, 5) is 0. The summed E-state index contributed by atoms with van der Waals surface area (Å²) >= 11 is 0. The fraction of sp³-hybridized carbons (Fsp3) is 1.00. The molecule has 0 aliphatic heterocycles. The van der Waals surface area contributed by atoms with Gasteiger partial charge in [-0.25, -0.2) is 0 Å². The molecule has 0 bridgehead atoms. The Morgan fingerprint density at radius 2 is 3.00 bits per heavy atom. The summed E-state index contributed by atoms with van der Waals surface area (Å²) in [6.07, 6.45) is -0.294. The molecule has 0 aliphatic carbocycles. The minimum Gasteiger partial charge on any atom is -0.394 e. The van der Waals surface area contributed by atoms with Crippen LogP contribution >= 0.6 is 0 Å². The van der Waals surface area contributed by atoms with Gasteiger partial charge in [-0.1, -0.05) is 0 Å². The lowest BCUT2D eigenvalue weighted by molar-refractivity contribution is 0.110. The van der Waals surface area contributed by atoms with Crippen LogP contribution in [-0.4, -0.2) is 25.8 Å². The van der Waals surface area contributed by atoms with Crippen LogP contribution in [0.25, 0.3) is 0 Å². The largest absolute Gasteiger partial charge is 0.394 e. The molecule has 2 heteroatoms. The van der Waals surface area contributed by atoms with E-state index in [9.17, 15) is 0 Å². The Hall–Kier alpha value is -0.0800. The molecule has 0 amide bonds. The lowest BCUT2D eigenvalue weighted by Crippen LogP contribution is -2.03. The molecule has 1 unspecified atom stereocenters. The number of rotatable bonds is 3. The van der Waals surface area contributed by atoms with Gasteiger partial charge >= 0.3 is 0 Å². The summed E-state index contributed by atoms with van der Waals surface area (Å²) in [6.45, 7) is 1.81. The number of hydrogen-bond donors (Lipinski definition) is 2. The Bertz CT molecular complexity index is 41.9. The average molecular weight is 78.1 g/mol. The zero-order valence-electron chi connectivity index (χ0n) is 5.10. The van der Waals surface area contributed by atoms with Crippen molar-refractivity contribution in [2.24, 2.45) is 0 Å². The zero-order chi connectivity index (χ0) is 5.70. The first-order chi connectivity index (χ1) is 3.31. The van der Waals surface area contributed by atoms with Gasteiger partial charge in [0.05, 0.1) is 12.7 Å². The molecule has 2 nitrogen and oxygen atoms in total.